The quantitative estimate of drug-likeness (QED) is 0.583. The molecule has 166 valence electrons. The number of amides is 1. The largest absolute Gasteiger partial charge is 0.489 e. The molecule has 0 spiro atoms. The molecule has 0 N–H and O–H groups in total. The van der Waals surface area contributed by atoms with Gasteiger partial charge >= 0.3 is 0 Å². The number of hydrogen-bond donors (Lipinski definition) is 0. The van der Waals surface area contributed by atoms with E-state index in [2.05, 4.69) is 5.16 Å². The van der Waals surface area contributed by atoms with Crippen molar-refractivity contribution in [2.75, 3.05) is 19.8 Å². The van der Waals surface area contributed by atoms with Gasteiger partial charge in [-0.25, -0.2) is 0 Å². The van der Waals surface area contributed by atoms with Crippen molar-refractivity contribution in [3.63, 3.8) is 0 Å². The van der Waals surface area contributed by atoms with Gasteiger partial charge in [-0.15, -0.1) is 0 Å². The van der Waals surface area contributed by atoms with Gasteiger partial charge in [0.2, 0.25) is 0 Å². The third-order valence-corrected chi connectivity index (χ3v) is 6.11. The van der Waals surface area contributed by atoms with Crippen LogP contribution in [0.1, 0.15) is 51.8 Å². The van der Waals surface area contributed by atoms with E-state index in [0.29, 0.717) is 31.1 Å². The van der Waals surface area contributed by atoms with Crippen molar-refractivity contribution in [2.45, 2.75) is 39.3 Å². The third kappa shape index (κ3) is 3.90. The van der Waals surface area contributed by atoms with Crippen LogP contribution in [-0.2, 0) is 6.61 Å². The highest BCUT2D eigenvalue weighted by Crippen LogP contribution is 2.38. The van der Waals surface area contributed by atoms with Gasteiger partial charge in [-0.2, -0.15) is 0 Å². The average molecular weight is 434 g/mol. The number of aromatic nitrogens is 1. The predicted molar refractivity (Wildman–Crippen MR) is 117 cm³/mol. The molecular formula is C25H26N2O5. The summed E-state index contributed by atoms with van der Waals surface area (Å²) >= 11 is 0. The van der Waals surface area contributed by atoms with Crippen LogP contribution >= 0.6 is 0 Å². The van der Waals surface area contributed by atoms with Gasteiger partial charge < -0.3 is 23.6 Å². The van der Waals surface area contributed by atoms with Gasteiger partial charge in [0.05, 0.1) is 17.3 Å². The van der Waals surface area contributed by atoms with Crippen LogP contribution in [0.5, 0.6) is 17.2 Å². The SMILES string of the molecule is Cc1noc(C)c1COc1cccc(C(=O)N2CCCC2c2ccc3c(c2)OCCO3)c1. The summed E-state index contributed by atoms with van der Waals surface area (Å²) in [6.45, 7) is 5.94. The first-order valence-corrected chi connectivity index (χ1v) is 11.0. The van der Waals surface area contributed by atoms with Crippen LogP contribution in [0.25, 0.3) is 0 Å². The maximum absolute atomic E-state index is 13.4. The van der Waals surface area contributed by atoms with Crippen molar-refractivity contribution >= 4 is 5.91 Å². The third-order valence-electron chi connectivity index (χ3n) is 6.11. The second-order valence-corrected chi connectivity index (χ2v) is 8.18. The van der Waals surface area contributed by atoms with Crippen molar-refractivity contribution in [2.24, 2.45) is 0 Å². The smallest absolute Gasteiger partial charge is 0.254 e. The van der Waals surface area contributed by atoms with Crippen LogP contribution in [0.4, 0.5) is 0 Å². The molecule has 1 amide bonds. The van der Waals surface area contributed by atoms with Gasteiger partial charge in [0.25, 0.3) is 5.91 Å². The zero-order chi connectivity index (χ0) is 22.1. The topological polar surface area (TPSA) is 74.0 Å². The molecule has 0 saturated carbocycles. The predicted octanol–water partition coefficient (Wildman–Crippen LogP) is 4.62. The Morgan fingerprint density at radius 3 is 2.78 bits per heavy atom. The molecule has 1 atom stereocenters. The van der Waals surface area contributed by atoms with Gasteiger partial charge in [0.1, 0.15) is 31.3 Å². The molecule has 2 aliphatic heterocycles. The Morgan fingerprint density at radius 2 is 1.97 bits per heavy atom. The highest BCUT2D eigenvalue weighted by Gasteiger charge is 2.31. The van der Waals surface area contributed by atoms with Crippen molar-refractivity contribution in [3.8, 4) is 17.2 Å². The molecule has 0 aliphatic carbocycles. The summed E-state index contributed by atoms with van der Waals surface area (Å²) in [6.07, 6.45) is 1.89. The molecular weight excluding hydrogens is 408 g/mol. The summed E-state index contributed by atoms with van der Waals surface area (Å²) < 4.78 is 22.5. The van der Waals surface area contributed by atoms with E-state index in [0.717, 1.165) is 53.5 Å². The normalized spacial score (nSPS) is 17.4. The van der Waals surface area contributed by atoms with Gasteiger partial charge in [-0.3, -0.25) is 4.79 Å². The van der Waals surface area contributed by atoms with Crippen molar-refractivity contribution < 1.29 is 23.5 Å². The molecule has 2 aliphatic rings. The lowest BCUT2D eigenvalue weighted by Crippen LogP contribution is -2.30. The van der Waals surface area contributed by atoms with E-state index in [9.17, 15) is 4.79 Å². The summed E-state index contributed by atoms with van der Waals surface area (Å²) in [6, 6.07) is 13.4. The molecule has 2 aromatic carbocycles. The maximum atomic E-state index is 13.4. The van der Waals surface area contributed by atoms with Gasteiger partial charge in [-0.1, -0.05) is 17.3 Å². The molecule has 32 heavy (non-hydrogen) atoms. The highest BCUT2D eigenvalue weighted by atomic mass is 16.6. The van der Waals surface area contributed by atoms with Crippen LogP contribution < -0.4 is 14.2 Å². The standard InChI is InChI=1S/C25H26N2O5/c1-16-21(17(2)32-26-16)15-31-20-6-3-5-19(13-20)25(28)27-10-4-7-22(27)18-8-9-23-24(14-18)30-12-11-29-23/h3,5-6,8-9,13-14,22H,4,7,10-12,15H2,1-2H3. The fourth-order valence-electron chi connectivity index (χ4n) is 4.37. The number of benzene rings is 2. The Bertz CT molecular complexity index is 1120. The number of nitrogens with zero attached hydrogens (tertiary/aromatic N) is 2. The van der Waals surface area contributed by atoms with E-state index in [-0.39, 0.29) is 11.9 Å². The van der Waals surface area contributed by atoms with Crippen LogP contribution in [0, 0.1) is 13.8 Å². The van der Waals surface area contributed by atoms with E-state index in [1.807, 2.05) is 55.1 Å². The molecule has 1 saturated heterocycles. The number of likely N-dealkylation sites (tertiary alicyclic amines) is 1. The lowest BCUT2D eigenvalue weighted by Gasteiger charge is -2.27. The number of rotatable bonds is 5. The Balaban J connectivity index is 1.33. The lowest BCUT2D eigenvalue weighted by molar-refractivity contribution is 0.0734. The molecule has 5 rings (SSSR count). The van der Waals surface area contributed by atoms with Gasteiger partial charge in [0.15, 0.2) is 11.5 Å². The van der Waals surface area contributed by atoms with Crippen molar-refractivity contribution in [1.82, 2.24) is 10.1 Å². The zero-order valence-electron chi connectivity index (χ0n) is 18.3. The van der Waals surface area contributed by atoms with Crippen LogP contribution in [0.15, 0.2) is 47.0 Å². The molecule has 0 bridgehead atoms. The number of hydrogen-bond acceptors (Lipinski definition) is 6. The number of carbonyl (C=O) groups excluding carboxylic acids is 1. The van der Waals surface area contributed by atoms with Gasteiger partial charge in [-0.05, 0) is 62.6 Å². The molecule has 0 radical (unpaired) electrons. The Hall–Kier alpha value is -3.48. The fourth-order valence-corrected chi connectivity index (χ4v) is 4.37. The number of fused-ring (bicyclic) bond motifs is 1. The monoisotopic (exact) mass is 434 g/mol. The van der Waals surface area contributed by atoms with E-state index >= 15 is 0 Å². The average Bonchev–Trinajstić information content (AvgIpc) is 3.44. The summed E-state index contributed by atoms with van der Waals surface area (Å²) in [5.41, 5.74) is 3.44. The second kappa shape index (κ2) is 8.57. The minimum atomic E-state index is 0.00479. The summed E-state index contributed by atoms with van der Waals surface area (Å²) in [5.74, 6) is 2.91. The molecule has 1 unspecified atom stereocenters. The first-order valence-electron chi connectivity index (χ1n) is 11.0. The molecule has 7 heteroatoms. The Kier molecular flexibility index (Phi) is 5.47. The van der Waals surface area contributed by atoms with Crippen molar-refractivity contribution in [3.05, 3.63) is 70.6 Å². The molecule has 3 heterocycles. The van der Waals surface area contributed by atoms with E-state index < -0.39 is 0 Å². The van der Waals surface area contributed by atoms with E-state index in [1.165, 1.54) is 0 Å². The van der Waals surface area contributed by atoms with E-state index in [1.54, 1.807) is 6.07 Å². The minimum Gasteiger partial charge on any atom is -0.489 e. The summed E-state index contributed by atoms with van der Waals surface area (Å²) in [5, 5.41) is 3.96. The number of aryl methyl sites for hydroxylation is 2. The first-order chi connectivity index (χ1) is 15.6. The molecule has 3 aromatic rings. The molecule has 1 aromatic heterocycles. The fraction of sp³-hybridized carbons (Fsp3) is 0.360. The summed E-state index contributed by atoms with van der Waals surface area (Å²) in [4.78, 5) is 15.3. The van der Waals surface area contributed by atoms with Crippen LogP contribution in [-0.4, -0.2) is 35.7 Å². The lowest BCUT2D eigenvalue weighted by atomic mass is 10.0. The Morgan fingerprint density at radius 1 is 1.12 bits per heavy atom. The summed E-state index contributed by atoms with van der Waals surface area (Å²) in [7, 11) is 0. The molecule has 7 nitrogen and oxygen atoms in total. The van der Waals surface area contributed by atoms with Crippen LogP contribution in [0.2, 0.25) is 0 Å². The zero-order valence-corrected chi connectivity index (χ0v) is 18.3. The highest BCUT2D eigenvalue weighted by molar-refractivity contribution is 5.95. The number of carbonyl (C=O) groups is 1. The van der Waals surface area contributed by atoms with Crippen molar-refractivity contribution in [1.29, 1.82) is 0 Å². The van der Waals surface area contributed by atoms with Crippen LogP contribution in [0.3, 0.4) is 0 Å². The van der Waals surface area contributed by atoms with E-state index in [4.69, 9.17) is 18.7 Å². The first kappa shape index (κ1) is 20.4. The second-order valence-electron chi connectivity index (χ2n) is 8.18. The molecule has 1 fully saturated rings. The minimum absolute atomic E-state index is 0.00479. The Labute approximate surface area is 186 Å². The van der Waals surface area contributed by atoms with Gasteiger partial charge in [0, 0.05) is 12.1 Å². The number of ether oxygens (including phenoxy) is 3. The maximum Gasteiger partial charge on any atom is 0.254 e.